The first kappa shape index (κ1) is 9.28. The van der Waals surface area contributed by atoms with Gasteiger partial charge in [0.1, 0.15) is 5.75 Å². The fraction of sp³-hybridized carbons (Fsp3) is 0.143. The molecule has 2 aromatic carbocycles. The van der Waals surface area contributed by atoms with Crippen molar-refractivity contribution < 1.29 is 5.11 Å². The Morgan fingerprint density at radius 2 is 1.75 bits per heavy atom. The summed E-state index contributed by atoms with van der Waals surface area (Å²) in [6, 6.07) is 14.0. The minimum atomic E-state index is 0.324. The first-order valence-electron chi connectivity index (χ1n) is 5.39. The van der Waals surface area contributed by atoms with Crippen molar-refractivity contribution >= 4 is 11.4 Å². The molecule has 1 aliphatic heterocycles. The van der Waals surface area contributed by atoms with E-state index in [0.29, 0.717) is 5.75 Å². The summed E-state index contributed by atoms with van der Waals surface area (Å²) in [4.78, 5) is 2.13. The van der Waals surface area contributed by atoms with Crippen LogP contribution in [0.1, 0.15) is 11.1 Å². The van der Waals surface area contributed by atoms with Gasteiger partial charge in [0.05, 0.1) is 0 Å². The molecule has 1 aliphatic rings. The van der Waals surface area contributed by atoms with Gasteiger partial charge >= 0.3 is 0 Å². The minimum Gasteiger partial charge on any atom is -0.508 e. The Morgan fingerprint density at radius 3 is 2.62 bits per heavy atom. The van der Waals surface area contributed by atoms with E-state index in [2.05, 4.69) is 23.1 Å². The molecule has 0 bridgehead atoms. The van der Waals surface area contributed by atoms with Gasteiger partial charge in [0.15, 0.2) is 0 Å². The number of benzene rings is 2. The van der Waals surface area contributed by atoms with Gasteiger partial charge in [-0.15, -0.1) is 0 Å². The number of hydrogen-bond donors (Lipinski definition) is 1. The fourth-order valence-electron chi connectivity index (χ4n) is 2.34. The summed E-state index contributed by atoms with van der Waals surface area (Å²) in [5.41, 5.74) is 4.92. The third-order valence-electron chi connectivity index (χ3n) is 3.16. The largest absolute Gasteiger partial charge is 0.508 e. The number of hydrogen-bond acceptors (Lipinski definition) is 2. The molecule has 1 heterocycles. The molecule has 3 rings (SSSR count). The molecule has 0 saturated heterocycles. The highest BCUT2D eigenvalue weighted by Gasteiger charge is 2.19. The Hall–Kier alpha value is -1.96. The van der Waals surface area contributed by atoms with Gasteiger partial charge in [0.2, 0.25) is 0 Å². The van der Waals surface area contributed by atoms with Crippen molar-refractivity contribution in [2.75, 3.05) is 11.9 Å². The Bertz CT molecular complexity index is 548. The van der Waals surface area contributed by atoms with E-state index in [0.717, 1.165) is 12.1 Å². The molecule has 0 unspecified atom stereocenters. The lowest BCUT2D eigenvalue weighted by molar-refractivity contribution is 0.475. The summed E-state index contributed by atoms with van der Waals surface area (Å²) in [5.74, 6) is 0.324. The number of fused-ring (bicyclic) bond motifs is 2. The molecule has 0 saturated carbocycles. The SMILES string of the molecule is CN1c2ccccc2Cc2ccc(O)cc21. The molecule has 0 aromatic heterocycles. The highest BCUT2D eigenvalue weighted by atomic mass is 16.3. The van der Waals surface area contributed by atoms with Crippen LogP contribution in [0.25, 0.3) is 0 Å². The van der Waals surface area contributed by atoms with Gasteiger partial charge in [-0.3, -0.25) is 0 Å². The van der Waals surface area contributed by atoms with Crippen LogP contribution in [0.3, 0.4) is 0 Å². The molecule has 1 N–H and O–H groups in total. The Morgan fingerprint density at radius 1 is 1.00 bits per heavy atom. The van der Waals surface area contributed by atoms with Gasteiger partial charge in [-0.25, -0.2) is 0 Å². The molecule has 0 amide bonds. The molecular weight excluding hydrogens is 198 g/mol. The molecule has 0 aliphatic carbocycles. The lowest BCUT2D eigenvalue weighted by atomic mass is 9.96. The zero-order valence-corrected chi connectivity index (χ0v) is 9.14. The summed E-state index contributed by atoms with van der Waals surface area (Å²) in [7, 11) is 2.04. The molecular formula is C14H13NO. The smallest absolute Gasteiger partial charge is 0.117 e. The van der Waals surface area contributed by atoms with Crippen molar-refractivity contribution in [2.24, 2.45) is 0 Å². The van der Waals surface area contributed by atoms with Crippen molar-refractivity contribution in [3.63, 3.8) is 0 Å². The van der Waals surface area contributed by atoms with Crippen LogP contribution in [0.5, 0.6) is 5.75 Å². The van der Waals surface area contributed by atoms with E-state index in [1.54, 1.807) is 6.07 Å². The van der Waals surface area contributed by atoms with Crippen LogP contribution < -0.4 is 4.90 Å². The zero-order valence-electron chi connectivity index (χ0n) is 9.14. The summed E-state index contributed by atoms with van der Waals surface area (Å²) in [6.45, 7) is 0. The van der Waals surface area contributed by atoms with E-state index < -0.39 is 0 Å². The lowest BCUT2D eigenvalue weighted by Gasteiger charge is -2.30. The Balaban J connectivity index is 2.19. The van der Waals surface area contributed by atoms with E-state index >= 15 is 0 Å². The van der Waals surface area contributed by atoms with Crippen LogP contribution in [0, 0.1) is 0 Å². The number of phenols is 1. The van der Waals surface area contributed by atoms with Crippen molar-refractivity contribution in [1.82, 2.24) is 0 Å². The number of para-hydroxylation sites is 1. The average molecular weight is 211 g/mol. The normalized spacial score (nSPS) is 13.2. The number of anilines is 2. The second kappa shape index (κ2) is 3.27. The molecule has 0 atom stereocenters. The second-order valence-corrected chi connectivity index (χ2v) is 4.18. The molecule has 0 radical (unpaired) electrons. The van der Waals surface area contributed by atoms with E-state index in [1.165, 1.54) is 16.8 Å². The predicted octanol–water partition coefficient (Wildman–Crippen LogP) is 3.06. The van der Waals surface area contributed by atoms with Crippen LogP contribution >= 0.6 is 0 Å². The Kier molecular flexibility index (Phi) is 1.90. The maximum absolute atomic E-state index is 9.53. The highest BCUT2D eigenvalue weighted by molar-refractivity contribution is 5.74. The third kappa shape index (κ3) is 1.27. The second-order valence-electron chi connectivity index (χ2n) is 4.18. The van der Waals surface area contributed by atoms with E-state index in [-0.39, 0.29) is 0 Å². The molecule has 16 heavy (non-hydrogen) atoms. The highest BCUT2D eigenvalue weighted by Crippen LogP contribution is 2.38. The average Bonchev–Trinajstić information content (AvgIpc) is 2.31. The maximum Gasteiger partial charge on any atom is 0.117 e. The van der Waals surface area contributed by atoms with Crippen molar-refractivity contribution in [1.29, 1.82) is 0 Å². The van der Waals surface area contributed by atoms with Crippen LogP contribution in [0.2, 0.25) is 0 Å². The molecule has 2 nitrogen and oxygen atoms in total. The van der Waals surface area contributed by atoms with Crippen LogP contribution in [0.4, 0.5) is 11.4 Å². The van der Waals surface area contributed by atoms with Crippen LogP contribution in [-0.4, -0.2) is 12.2 Å². The number of rotatable bonds is 0. The fourth-order valence-corrected chi connectivity index (χ4v) is 2.34. The number of aromatic hydroxyl groups is 1. The van der Waals surface area contributed by atoms with Gasteiger partial charge in [-0.2, -0.15) is 0 Å². The van der Waals surface area contributed by atoms with Gasteiger partial charge in [0.25, 0.3) is 0 Å². The topological polar surface area (TPSA) is 23.5 Å². The number of phenolic OH excluding ortho intramolecular Hbond substituents is 1. The van der Waals surface area contributed by atoms with Gasteiger partial charge in [0, 0.05) is 30.9 Å². The van der Waals surface area contributed by atoms with Crippen LogP contribution in [0.15, 0.2) is 42.5 Å². The lowest BCUT2D eigenvalue weighted by Crippen LogP contribution is -2.18. The summed E-state index contributed by atoms with van der Waals surface area (Å²) in [5, 5.41) is 9.53. The van der Waals surface area contributed by atoms with Gasteiger partial charge in [-0.1, -0.05) is 24.3 Å². The van der Waals surface area contributed by atoms with Crippen molar-refractivity contribution in [3.05, 3.63) is 53.6 Å². The van der Waals surface area contributed by atoms with Gasteiger partial charge < -0.3 is 10.0 Å². The van der Waals surface area contributed by atoms with E-state index in [1.807, 2.05) is 25.2 Å². The third-order valence-corrected chi connectivity index (χ3v) is 3.16. The first-order chi connectivity index (χ1) is 7.75. The molecule has 0 fully saturated rings. The van der Waals surface area contributed by atoms with E-state index in [9.17, 15) is 5.11 Å². The minimum absolute atomic E-state index is 0.324. The standard InChI is InChI=1S/C14H13NO/c1-15-13-5-3-2-4-10(13)8-11-6-7-12(16)9-14(11)15/h2-7,9,16H,8H2,1H3. The van der Waals surface area contributed by atoms with E-state index in [4.69, 9.17) is 0 Å². The summed E-state index contributed by atoms with van der Waals surface area (Å²) < 4.78 is 0. The van der Waals surface area contributed by atoms with Crippen molar-refractivity contribution in [3.8, 4) is 5.75 Å². The molecule has 0 spiro atoms. The van der Waals surface area contributed by atoms with Crippen molar-refractivity contribution in [2.45, 2.75) is 6.42 Å². The maximum atomic E-state index is 9.53. The predicted molar refractivity (Wildman–Crippen MR) is 65.4 cm³/mol. The van der Waals surface area contributed by atoms with Crippen LogP contribution in [-0.2, 0) is 6.42 Å². The molecule has 80 valence electrons. The molecule has 2 heteroatoms. The summed E-state index contributed by atoms with van der Waals surface area (Å²) >= 11 is 0. The zero-order chi connectivity index (χ0) is 11.1. The molecule has 2 aromatic rings. The van der Waals surface area contributed by atoms with Gasteiger partial charge in [-0.05, 0) is 23.3 Å². The number of nitrogens with zero attached hydrogens (tertiary/aromatic N) is 1. The quantitative estimate of drug-likeness (QED) is 0.724. The summed E-state index contributed by atoms with van der Waals surface area (Å²) in [6.07, 6.45) is 0.941. The Labute approximate surface area is 94.8 Å². The monoisotopic (exact) mass is 211 g/mol. The first-order valence-corrected chi connectivity index (χ1v) is 5.39.